The van der Waals surface area contributed by atoms with E-state index in [1.54, 1.807) is 39.0 Å². The second-order valence-corrected chi connectivity index (χ2v) is 31.5. The number of nitrogens with one attached hydrogen (secondary N) is 1. The van der Waals surface area contributed by atoms with E-state index in [0.29, 0.717) is 57.1 Å². The molecule has 0 saturated carbocycles. The number of aliphatic carboxylic acids is 1. The van der Waals surface area contributed by atoms with Crippen molar-refractivity contribution in [3.8, 4) is 44.9 Å². The van der Waals surface area contributed by atoms with Crippen LogP contribution in [0.2, 0.25) is 15.1 Å². The third-order valence-electron chi connectivity index (χ3n) is 19.6. The molecule has 2 N–H and O–H groups in total. The minimum Gasteiger partial charge on any atom is -0.494 e. The number of aryl methyl sites for hydroxylation is 3. The lowest BCUT2D eigenvalue weighted by Gasteiger charge is -2.35. The van der Waals surface area contributed by atoms with Gasteiger partial charge in [0.05, 0.1) is 104 Å². The Labute approximate surface area is 652 Å². The lowest BCUT2D eigenvalue weighted by atomic mass is 9.87. The summed E-state index contributed by atoms with van der Waals surface area (Å²) < 4.78 is 47.0. The van der Waals surface area contributed by atoms with Gasteiger partial charge in [-0.05, 0) is 209 Å². The summed E-state index contributed by atoms with van der Waals surface area (Å²) in [6, 6.07) is 29.4. The van der Waals surface area contributed by atoms with E-state index in [-0.39, 0.29) is 7.43 Å². The Morgan fingerprint density at radius 1 is 0.450 bits per heavy atom. The lowest BCUT2D eigenvalue weighted by Crippen LogP contribution is -2.32. The molecule has 0 aliphatic carbocycles. The third kappa shape index (κ3) is 15.9. The Bertz CT molecular complexity index is 5250. The van der Waals surface area contributed by atoms with Gasteiger partial charge in [0, 0.05) is 104 Å². The van der Waals surface area contributed by atoms with Gasteiger partial charge in [0.2, 0.25) is 11.9 Å². The van der Waals surface area contributed by atoms with Gasteiger partial charge in [0.15, 0.2) is 29.8 Å². The summed E-state index contributed by atoms with van der Waals surface area (Å²) >= 11 is 18.7. The molecule has 3 aliphatic rings. The van der Waals surface area contributed by atoms with Gasteiger partial charge >= 0.3 is 17.9 Å². The molecule has 8 heterocycles. The van der Waals surface area contributed by atoms with Crippen LogP contribution in [0.5, 0.6) is 11.5 Å². The smallest absolute Gasteiger partial charge is 0.339 e. The van der Waals surface area contributed by atoms with Crippen molar-refractivity contribution >= 4 is 114 Å². The molecule has 3 aliphatic heterocycles. The van der Waals surface area contributed by atoms with E-state index in [2.05, 4.69) is 94.6 Å². The fourth-order valence-electron chi connectivity index (χ4n) is 15.2. The molecule has 0 amide bonds. The van der Waals surface area contributed by atoms with E-state index in [1.807, 2.05) is 149 Å². The van der Waals surface area contributed by atoms with Gasteiger partial charge in [0.25, 0.3) is 0 Å². The maximum absolute atomic E-state index is 13.4. The van der Waals surface area contributed by atoms with Crippen LogP contribution in [0.1, 0.15) is 139 Å². The first-order chi connectivity index (χ1) is 51.1. The zero-order valence-electron chi connectivity index (χ0n) is 64.6. The fourth-order valence-corrected chi connectivity index (χ4v) is 15.6. The number of halogens is 3. The van der Waals surface area contributed by atoms with E-state index in [9.17, 15) is 19.5 Å². The number of carbonyl (C=O) groups is 3. The van der Waals surface area contributed by atoms with Gasteiger partial charge < -0.3 is 67.1 Å². The van der Waals surface area contributed by atoms with Crippen LogP contribution < -0.4 is 24.6 Å². The van der Waals surface area contributed by atoms with Gasteiger partial charge in [-0.25, -0.2) is 34.3 Å². The summed E-state index contributed by atoms with van der Waals surface area (Å²) in [7, 11) is 5.96. The molecule has 0 spiro atoms. The van der Waals surface area contributed by atoms with E-state index in [4.69, 9.17) is 68.0 Å². The van der Waals surface area contributed by atoms with Crippen LogP contribution in [0, 0.1) is 41.5 Å². The largest absolute Gasteiger partial charge is 0.494 e. The number of carboxylic acids is 1. The number of hydrogen-bond donors (Lipinski definition) is 2. The Balaban J connectivity index is 0.000000163. The molecule has 0 fully saturated rings. The van der Waals surface area contributed by atoms with E-state index in [1.165, 1.54) is 19.9 Å². The normalized spacial score (nSPS) is 14.0. The fraction of sp³-hybridized carbons (Fsp3) is 0.376. The van der Waals surface area contributed by atoms with Crippen molar-refractivity contribution in [2.45, 2.75) is 166 Å². The average Bonchev–Trinajstić information content (AvgIpc) is 1.64. The van der Waals surface area contributed by atoms with Crippen molar-refractivity contribution in [2.24, 2.45) is 0 Å². The van der Waals surface area contributed by atoms with Gasteiger partial charge in [-0.15, -0.1) is 0 Å². The second-order valence-electron chi connectivity index (χ2n) is 30.2. The minimum atomic E-state index is -1.20. The van der Waals surface area contributed by atoms with Crippen LogP contribution in [0.4, 0.5) is 29.0 Å². The molecule has 0 saturated heterocycles. The first-order valence-electron chi connectivity index (χ1n) is 35.9. The van der Waals surface area contributed by atoms with Crippen molar-refractivity contribution in [3.05, 3.63) is 181 Å². The Kier molecular flexibility index (Phi) is 23.3. The summed E-state index contributed by atoms with van der Waals surface area (Å²) in [5, 5.41) is 19.0. The number of hydrogen-bond acceptors (Lipinski definition) is 17. The Hall–Kier alpha value is -9.74. The van der Waals surface area contributed by atoms with E-state index >= 15 is 0 Å². The summed E-state index contributed by atoms with van der Waals surface area (Å²) in [6.07, 6.45) is 3.58. The molecule has 6 aromatic carbocycles. The van der Waals surface area contributed by atoms with E-state index < -0.39 is 53.0 Å². The number of nitrogens with zero attached hydrogens (tertiary/aromatic N) is 9. The molecule has 24 heteroatoms. The molecule has 3 atom stereocenters. The van der Waals surface area contributed by atoms with Crippen molar-refractivity contribution in [1.29, 1.82) is 0 Å². The number of rotatable bonds is 16. The second kappa shape index (κ2) is 31.7. The zero-order chi connectivity index (χ0) is 77.9. The summed E-state index contributed by atoms with van der Waals surface area (Å²) in [4.78, 5) is 61.7. The molecule has 5 aromatic heterocycles. The highest BCUT2D eigenvalue weighted by molar-refractivity contribution is 6.31. The number of ether oxygens (including phenoxy) is 7. The van der Waals surface area contributed by atoms with Crippen LogP contribution in [-0.4, -0.2) is 122 Å². The van der Waals surface area contributed by atoms with Crippen molar-refractivity contribution < 1.29 is 52.6 Å². The molecule has 0 radical (unpaired) electrons. The summed E-state index contributed by atoms with van der Waals surface area (Å²) in [5.41, 5.74) is 18.1. The number of anilines is 5. The molecule has 21 nitrogen and oxygen atoms in total. The molecule has 574 valence electrons. The standard InChI is InChI=1S/C30H33ClN4O4.C29H31ClN4O4.C25H29ClN2O3.CH4/c1-17-14-22-24(19-8-10-20(31)11-9-19)23(27(28(36)38-7)39-30(3,4)5)18(2)25-26(22)34(17)12-13-35(25)29-32-15-21(37-6)16-33-29;1-16-13-21-23(18-7-9-19(30)10-8-18)22(26(27(35)36)38-29(3,4)5)17(2)24-25(21)33(16)11-12-34(24)28-31-14-20(37-6)15-32-28;1-14-13-18-20(16-7-9-17(26)10-8-16)19(23(24(29)30-6)31-25(3,4)5)15(2)21-22(18)28(14)12-11-27-21;/h8-11,14-16,27H,12-13H2,1-7H3;7-10,13-15,26H,11-12H2,1-6H3,(H,35,36);7-10,13,23,27H,11-12H2,1-6H3;1H4/t27-;26-;23-;/m000./s1. The van der Waals surface area contributed by atoms with Crippen molar-refractivity contribution in [1.82, 2.24) is 33.6 Å². The van der Waals surface area contributed by atoms with Gasteiger partial charge in [-0.1, -0.05) is 78.6 Å². The van der Waals surface area contributed by atoms with E-state index in [0.717, 1.165) is 149 Å². The van der Waals surface area contributed by atoms with Gasteiger partial charge in [0.1, 0.15) is 0 Å². The first-order valence-corrected chi connectivity index (χ1v) is 37.0. The number of benzene rings is 6. The highest BCUT2D eigenvalue weighted by Gasteiger charge is 2.41. The molecule has 11 aromatic rings. The Morgan fingerprint density at radius 2 is 0.761 bits per heavy atom. The molecule has 0 bridgehead atoms. The molecule has 109 heavy (non-hydrogen) atoms. The number of methoxy groups -OCH3 is 4. The van der Waals surface area contributed by atoms with Crippen LogP contribution >= 0.6 is 34.8 Å². The number of esters is 2. The maximum atomic E-state index is 13.4. The number of carboxylic acid groups (broad SMARTS) is 1. The minimum absolute atomic E-state index is 0. The van der Waals surface area contributed by atoms with Crippen LogP contribution in [0.15, 0.2) is 116 Å². The highest BCUT2D eigenvalue weighted by Crippen LogP contribution is 2.53. The Morgan fingerprint density at radius 3 is 1.08 bits per heavy atom. The number of aromatic nitrogens is 7. The lowest BCUT2D eigenvalue weighted by molar-refractivity contribution is -0.164. The van der Waals surface area contributed by atoms with Gasteiger partial charge in [-0.2, -0.15) is 0 Å². The molecular weight excluding hydrogens is 1440 g/mol. The van der Waals surface area contributed by atoms with Gasteiger partial charge in [-0.3, -0.25) is 0 Å². The quantitative estimate of drug-likeness (QED) is 0.0859. The molecular formula is C85H97Cl3N10O11. The van der Waals surface area contributed by atoms with Crippen molar-refractivity contribution in [3.63, 3.8) is 0 Å². The maximum Gasteiger partial charge on any atom is 0.339 e. The third-order valence-corrected chi connectivity index (χ3v) is 20.4. The van der Waals surface area contributed by atoms with Crippen molar-refractivity contribution in [2.75, 3.05) is 63.2 Å². The SMILES string of the molecule is C.COC(=O)[C@@H](OC(C)(C)C)c1c(C)c2c3c(cc(C)n3CCN2)c1-c1ccc(Cl)cc1.COC(=O)[C@@H](OC(C)(C)C)c1c(C)c2c3c(cc(C)n3CCN2c2ncc(OC)cn2)c1-c1ccc(Cl)cc1.COc1cnc(N2CCn3c(C)cc4c(-c5ccc(Cl)cc5)c([C@H](OC(C)(C)C)C(=O)O)c(C)c2c43)nc1. The number of carbonyl (C=O) groups excluding carboxylic acids is 2. The van der Waals surface area contributed by atoms with Crippen LogP contribution in [0.3, 0.4) is 0 Å². The molecule has 0 unspecified atom stereocenters. The predicted molar refractivity (Wildman–Crippen MR) is 434 cm³/mol. The zero-order valence-corrected chi connectivity index (χ0v) is 66.9. The average molecular weight is 1540 g/mol. The molecule has 14 rings (SSSR count). The van der Waals surface area contributed by atoms with Crippen LogP contribution in [0.25, 0.3) is 66.1 Å². The van der Waals surface area contributed by atoms with Crippen LogP contribution in [-0.2, 0) is 57.7 Å². The highest BCUT2D eigenvalue weighted by atomic mass is 35.5. The summed E-state index contributed by atoms with van der Waals surface area (Å²) in [5.74, 6) is 0.302. The monoisotopic (exact) mass is 1540 g/mol. The predicted octanol–water partition coefficient (Wildman–Crippen LogP) is 19.7. The first kappa shape index (κ1) is 80.3. The topological polar surface area (TPSA) is 221 Å². The summed E-state index contributed by atoms with van der Waals surface area (Å²) in [6.45, 7) is 34.1.